The molecular weight excluding hydrogens is 356 g/mol. The van der Waals surface area contributed by atoms with Crippen molar-refractivity contribution in [3.63, 3.8) is 0 Å². The predicted octanol–water partition coefficient (Wildman–Crippen LogP) is 4.83. The minimum atomic E-state index is 0.582. The number of thioether (sulfide) groups is 2. The third kappa shape index (κ3) is 4.31. The maximum atomic E-state index is 5.27. The second-order valence-electron chi connectivity index (χ2n) is 4.32. The highest BCUT2D eigenvalue weighted by Gasteiger charge is 2.11. The number of thiophene rings is 1. The average molecular weight is 371 g/mol. The molecule has 22 heavy (non-hydrogen) atoms. The molecule has 0 aliphatic rings. The molecule has 116 valence electrons. The van der Waals surface area contributed by atoms with Crippen LogP contribution in [0.2, 0.25) is 0 Å². The molecule has 0 atom stereocenters. The lowest BCUT2D eigenvalue weighted by Crippen LogP contribution is -1.83. The molecule has 3 aromatic rings. The summed E-state index contributed by atoms with van der Waals surface area (Å²) in [5.41, 5.74) is 0. The molecule has 3 rings (SSSR count). The summed E-state index contributed by atoms with van der Waals surface area (Å²) in [6.45, 7) is 2.19. The summed E-state index contributed by atoms with van der Waals surface area (Å²) in [6.07, 6.45) is 2.42. The molecule has 0 radical (unpaired) electrons. The molecule has 0 aliphatic carbocycles. The van der Waals surface area contributed by atoms with Crippen LogP contribution in [0.1, 0.15) is 25.6 Å². The molecule has 0 saturated heterocycles. The van der Waals surface area contributed by atoms with Crippen LogP contribution in [0.4, 0.5) is 0 Å². The van der Waals surface area contributed by atoms with Crippen LogP contribution in [0.3, 0.4) is 0 Å². The Morgan fingerprint density at radius 1 is 1.23 bits per heavy atom. The number of nitrogens with zero attached hydrogens (tertiary/aromatic N) is 4. The SMILES string of the molecule is CCCCSc1nnc(SCc2noc(-c3cccs3)n2)s1. The largest absolute Gasteiger partial charge is 0.333 e. The molecule has 0 fully saturated rings. The van der Waals surface area contributed by atoms with Crippen molar-refractivity contribution < 1.29 is 4.52 Å². The number of hydrogen-bond donors (Lipinski definition) is 0. The van der Waals surface area contributed by atoms with Gasteiger partial charge in [0.05, 0.1) is 10.6 Å². The van der Waals surface area contributed by atoms with E-state index < -0.39 is 0 Å². The van der Waals surface area contributed by atoms with Crippen LogP contribution in [-0.2, 0) is 5.75 Å². The third-order valence-corrected chi connectivity index (χ3v) is 6.77. The Kier molecular flexibility index (Phi) is 5.88. The summed E-state index contributed by atoms with van der Waals surface area (Å²) in [4.78, 5) is 5.39. The standard InChI is InChI=1S/C13H14N4OS4/c1-2-3-6-20-12-15-16-13(22-12)21-8-10-14-11(18-17-10)9-5-4-7-19-9/h4-5,7H,2-3,6,8H2,1H3. The molecule has 0 aliphatic heterocycles. The van der Waals surface area contributed by atoms with Crippen molar-refractivity contribution >= 4 is 46.2 Å². The van der Waals surface area contributed by atoms with Gasteiger partial charge in [-0.25, -0.2) is 0 Å². The quantitative estimate of drug-likeness (QED) is 0.415. The van der Waals surface area contributed by atoms with Crippen LogP contribution < -0.4 is 0 Å². The summed E-state index contributed by atoms with van der Waals surface area (Å²) in [7, 11) is 0. The fourth-order valence-electron chi connectivity index (χ4n) is 1.56. The molecular formula is C13H14N4OS4. The van der Waals surface area contributed by atoms with Gasteiger partial charge < -0.3 is 4.52 Å². The van der Waals surface area contributed by atoms with E-state index in [1.165, 1.54) is 12.8 Å². The van der Waals surface area contributed by atoms with E-state index in [4.69, 9.17) is 4.52 Å². The molecule has 3 aromatic heterocycles. The van der Waals surface area contributed by atoms with Crippen molar-refractivity contribution in [2.24, 2.45) is 0 Å². The van der Waals surface area contributed by atoms with Crippen molar-refractivity contribution in [3.8, 4) is 10.8 Å². The zero-order valence-corrected chi connectivity index (χ0v) is 15.2. The van der Waals surface area contributed by atoms with Crippen LogP contribution in [0, 0.1) is 0 Å². The van der Waals surface area contributed by atoms with Gasteiger partial charge in [0.1, 0.15) is 0 Å². The smallest absolute Gasteiger partial charge is 0.268 e. The van der Waals surface area contributed by atoms with Gasteiger partial charge in [0, 0.05) is 5.75 Å². The minimum Gasteiger partial charge on any atom is -0.333 e. The average Bonchev–Trinajstić information content (AvgIpc) is 3.26. The van der Waals surface area contributed by atoms with E-state index in [1.807, 2.05) is 17.5 Å². The van der Waals surface area contributed by atoms with Crippen LogP contribution in [0.5, 0.6) is 0 Å². The fraction of sp³-hybridized carbons (Fsp3) is 0.385. The Morgan fingerprint density at radius 3 is 2.86 bits per heavy atom. The van der Waals surface area contributed by atoms with Gasteiger partial charge in [0.25, 0.3) is 5.89 Å². The highest BCUT2D eigenvalue weighted by Crippen LogP contribution is 2.31. The Hall–Kier alpha value is -0.900. The molecule has 0 spiro atoms. The van der Waals surface area contributed by atoms with Crippen LogP contribution in [0.15, 0.2) is 30.7 Å². The first kappa shape index (κ1) is 16.0. The van der Waals surface area contributed by atoms with E-state index in [2.05, 4.69) is 27.3 Å². The topological polar surface area (TPSA) is 64.7 Å². The van der Waals surface area contributed by atoms with Crippen LogP contribution in [-0.4, -0.2) is 26.1 Å². The van der Waals surface area contributed by atoms with E-state index in [1.54, 1.807) is 46.2 Å². The first-order valence-corrected chi connectivity index (χ1v) is 10.5. The number of rotatable bonds is 8. The highest BCUT2D eigenvalue weighted by molar-refractivity contribution is 8.02. The molecule has 9 heteroatoms. The van der Waals surface area contributed by atoms with E-state index in [9.17, 15) is 0 Å². The van der Waals surface area contributed by atoms with Crippen molar-refractivity contribution in [3.05, 3.63) is 23.3 Å². The fourth-order valence-corrected chi connectivity index (χ4v) is 5.22. The number of unbranched alkanes of at least 4 members (excludes halogenated alkanes) is 1. The maximum absolute atomic E-state index is 5.27. The Bertz CT molecular complexity index is 695. The molecule has 0 bridgehead atoms. The van der Waals surface area contributed by atoms with Gasteiger partial charge >= 0.3 is 0 Å². The minimum absolute atomic E-state index is 0.582. The zero-order chi connectivity index (χ0) is 15.2. The molecule has 3 heterocycles. The van der Waals surface area contributed by atoms with E-state index in [0.717, 1.165) is 19.3 Å². The van der Waals surface area contributed by atoms with Crippen molar-refractivity contribution in [1.82, 2.24) is 20.3 Å². The second-order valence-corrected chi connectivity index (χ2v) is 8.81. The van der Waals surface area contributed by atoms with E-state index >= 15 is 0 Å². The van der Waals surface area contributed by atoms with Gasteiger partial charge in [-0.3, -0.25) is 0 Å². The molecule has 0 amide bonds. The van der Waals surface area contributed by atoms with Crippen molar-refractivity contribution in [2.45, 2.75) is 34.2 Å². The Labute approximate surface area is 144 Å². The highest BCUT2D eigenvalue weighted by atomic mass is 32.2. The first-order valence-electron chi connectivity index (χ1n) is 6.80. The lowest BCUT2D eigenvalue weighted by atomic mass is 10.4. The monoisotopic (exact) mass is 370 g/mol. The van der Waals surface area contributed by atoms with Gasteiger partial charge in [0.2, 0.25) is 0 Å². The number of aromatic nitrogens is 4. The summed E-state index contributed by atoms with van der Waals surface area (Å²) < 4.78 is 7.24. The summed E-state index contributed by atoms with van der Waals surface area (Å²) >= 11 is 6.58. The lowest BCUT2D eigenvalue weighted by Gasteiger charge is -1.92. The van der Waals surface area contributed by atoms with Crippen molar-refractivity contribution in [1.29, 1.82) is 0 Å². The molecule has 0 aromatic carbocycles. The second kappa shape index (κ2) is 8.09. The van der Waals surface area contributed by atoms with Crippen molar-refractivity contribution in [2.75, 3.05) is 5.75 Å². The Morgan fingerprint density at radius 2 is 2.09 bits per heavy atom. The number of hydrogen-bond acceptors (Lipinski definition) is 9. The van der Waals surface area contributed by atoms with Crippen LogP contribution in [0.25, 0.3) is 10.8 Å². The molecule has 0 saturated carbocycles. The third-order valence-electron chi connectivity index (χ3n) is 2.64. The normalized spacial score (nSPS) is 11.1. The molecule has 0 N–H and O–H groups in total. The van der Waals surface area contributed by atoms with Crippen LogP contribution >= 0.6 is 46.2 Å². The predicted molar refractivity (Wildman–Crippen MR) is 92.7 cm³/mol. The van der Waals surface area contributed by atoms with Gasteiger partial charge in [0.15, 0.2) is 14.5 Å². The Balaban J connectivity index is 1.52. The van der Waals surface area contributed by atoms with Gasteiger partial charge in [-0.05, 0) is 17.9 Å². The summed E-state index contributed by atoms with van der Waals surface area (Å²) in [5, 5.41) is 14.4. The maximum Gasteiger partial charge on any atom is 0.268 e. The van der Waals surface area contributed by atoms with Gasteiger partial charge in [-0.1, -0.05) is 59.4 Å². The van der Waals surface area contributed by atoms with Gasteiger partial charge in [-0.15, -0.1) is 21.5 Å². The molecule has 5 nitrogen and oxygen atoms in total. The van der Waals surface area contributed by atoms with Gasteiger partial charge in [-0.2, -0.15) is 4.98 Å². The van der Waals surface area contributed by atoms with E-state index in [-0.39, 0.29) is 0 Å². The first-order chi connectivity index (χ1) is 10.8. The molecule has 0 unspecified atom stereocenters. The lowest BCUT2D eigenvalue weighted by molar-refractivity contribution is 0.426. The summed E-state index contributed by atoms with van der Waals surface area (Å²) in [6, 6.07) is 3.94. The zero-order valence-electron chi connectivity index (χ0n) is 11.9. The summed E-state index contributed by atoms with van der Waals surface area (Å²) in [5.74, 6) is 3.01. The van der Waals surface area contributed by atoms with E-state index in [0.29, 0.717) is 17.5 Å².